The number of piperidine rings is 1. The molecule has 0 spiro atoms. The van der Waals surface area contributed by atoms with Crippen molar-refractivity contribution in [3.05, 3.63) is 53.1 Å². The molecule has 1 atom stereocenters. The molecule has 0 bridgehead atoms. The summed E-state index contributed by atoms with van der Waals surface area (Å²) < 4.78 is 32.5. The van der Waals surface area contributed by atoms with E-state index in [2.05, 4.69) is 12.2 Å². The van der Waals surface area contributed by atoms with Crippen LogP contribution in [-0.4, -0.2) is 38.8 Å². The van der Waals surface area contributed by atoms with Crippen molar-refractivity contribution in [1.29, 1.82) is 0 Å². The summed E-state index contributed by atoms with van der Waals surface area (Å²) in [5.74, 6) is -0.157. The number of methoxy groups -OCH3 is 1. The van der Waals surface area contributed by atoms with Gasteiger partial charge in [0.25, 0.3) is 0 Å². The third-order valence-corrected chi connectivity index (χ3v) is 7.30. The summed E-state index contributed by atoms with van der Waals surface area (Å²) in [7, 11) is -2.27. The van der Waals surface area contributed by atoms with Gasteiger partial charge >= 0.3 is 0 Å². The van der Waals surface area contributed by atoms with Crippen LogP contribution in [0.4, 0.5) is 5.69 Å². The summed E-state index contributed by atoms with van der Waals surface area (Å²) in [4.78, 5) is 12.8. The minimum atomic E-state index is -3.74. The van der Waals surface area contributed by atoms with Gasteiger partial charge in [-0.1, -0.05) is 30.7 Å². The molecule has 0 saturated carbocycles. The van der Waals surface area contributed by atoms with Crippen molar-refractivity contribution in [2.45, 2.75) is 31.1 Å². The molecule has 3 rings (SSSR count). The molecule has 2 aromatic rings. The van der Waals surface area contributed by atoms with E-state index in [0.717, 1.165) is 6.42 Å². The van der Waals surface area contributed by atoms with Crippen molar-refractivity contribution >= 4 is 33.2 Å². The number of nitrogens with one attached hydrogen (secondary N) is 1. The molecule has 1 aliphatic rings. The second kappa shape index (κ2) is 9.15. The number of carbonyl (C=O) groups excluding carboxylic acids is 1. The van der Waals surface area contributed by atoms with Crippen molar-refractivity contribution in [2.24, 2.45) is 5.92 Å². The fourth-order valence-electron chi connectivity index (χ4n) is 3.40. The summed E-state index contributed by atoms with van der Waals surface area (Å²) >= 11 is 6.09. The topological polar surface area (TPSA) is 75.7 Å². The van der Waals surface area contributed by atoms with Crippen LogP contribution in [0.1, 0.15) is 25.3 Å². The molecule has 156 valence electrons. The molecule has 29 heavy (non-hydrogen) atoms. The van der Waals surface area contributed by atoms with Gasteiger partial charge in [-0.3, -0.25) is 4.79 Å². The molecule has 8 heteroatoms. The number of sulfonamides is 1. The second-order valence-corrected chi connectivity index (χ2v) is 9.38. The summed E-state index contributed by atoms with van der Waals surface area (Å²) in [6, 6.07) is 12.1. The highest BCUT2D eigenvalue weighted by molar-refractivity contribution is 7.89. The minimum absolute atomic E-state index is 0.0968. The number of hydrogen-bond donors (Lipinski definition) is 1. The molecule has 1 aliphatic heterocycles. The van der Waals surface area contributed by atoms with Gasteiger partial charge in [-0.2, -0.15) is 4.31 Å². The van der Waals surface area contributed by atoms with Crippen molar-refractivity contribution in [3.63, 3.8) is 0 Å². The summed E-state index contributed by atoms with van der Waals surface area (Å²) in [5, 5.41) is 3.13. The SMILES string of the molecule is CCc1ccc(NC(=O)[C@H]2CCCN(S(=O)(=O)c3ccc(OC)c(Cl)c3)C2)cc1. The number of aryl methyl sites for hydroxylation is 1. The lowest BCUT2D eigenvalue weighted by molar-refractivity contribution is -0.120. The van der Waals surface area contributed by atoms with Gasteiger partial charge in [0, 0.05) is 18.8 Å². The first-order valence-electron chi connectivity index (χ1n) is 9.58. The average Bonchev–Trinajstić information content (AvgIpc) is 2.74. The van der Waals surface area contributed by atoms with Crippen LogP contribution in [0.5, 0.6) is 5.75 Å². The number of halogens is 1. The Morgan fingerprint density at radius 2 is 1.97 bits per heavy atom. The van der Waals surface area contributed by atoms with Crippen LogP contribution in [0.25, 0.3) is 0 Å². The van der Waals surface area contributed by atoms with Crippen LogP contribution in [0, 0.1) is 5.92 Å². The minimum Gasteiger partial charge on any atom is -0.495 e. The normalized spacial score (nSPS) is 17.7. The number of carbonyl (C=O) groups is 1. The quantitative estimate of drug-likeness (QED) is 0.743. The largest absolute Gasteiger partial charge is 0.495 e. The van der Waals surface area contributed by atoms with Gasteiger partial charge in [0.05, 0.1) is 22.9 Å². The molecule has 1 saturated heterocycles. The Morgan fingerprint density at radius 3 is 2.59 bits per heavy atom. The monoisotopic (exact) mass is 436 g/mol. The van der Waals surface area contributed by atoms with Gasteiger partial charge in [0.2, 0.25) is 15.9 Å². The first-order chi connectivity index (χ1) is 13.8. The van der Waals surface area contributed by atoms with Crippen LogP contribution < -0.4 is 10.1 Å². The van der Waals surface area contributed by atoms with Crippen molar-refractivity contribution in [1.82, 2.24) is 4.31 Å². The number of rotatable bonds is 6. The molecule has 1 amide bonds. The maximum Gasteiger partial charge on any atom is 0.243 e. The molecule has 0 unspecified atom stereocenters. The van der Waals surface area contributed by atoms with Crippen LogP contribution in [0.2, 0.25) is 5.02 Å². The van der Waals surface area contributed by atoms with Gasteiger partial charge in [0.1, 0.15) is 5.75 Å². The van der Waals surface area contributed by atoms with Gasteiger partial charge in [-0.15, -0.1) is 0 Å². The van der Waals surface area contributed by atoms with Crippen molar-refractivity contribution in [2.75, 3.05) is 25.5 Å². The highest BCUT2D eigenvalue weighted by Gasteiger charge is 2.33. The van der Waals surface area contributed by atoms with E-state index in [1.807, 2.05) is 24.3 Å². The lowest BCUT2D eigenvalue weighted by Gasteiger charge is -2.31. The first kappa shape index (κ1) is 21.6. The van der Waals surface area contributed by atoms with Gasteiger partial charge in [0.15, 0.2) is 0 Å². The van der Waals surface area contributed by atoms with Crippen LogP contribution >= 0.6 is 11.6 Å². The zero-order valence-corrected chi connectivity index (χ0v) is 18.1. The number of anilines is 1. The number of benzene rings is 2. The van der Waals surface area contributed by atoms with Crippen molar-refractivity contribution < 1.29 is 17.9 Å². The lowest BCUT2D eigenvalue weighted by atomic mass is 9.98. The number of ether oxygens (including phenoxy) is 1. The predicted molar refractivity (Wildman–Crippen MR) is 114 cm³/mol. The highest BCUT2D eigenvalue weighted by atomic mass is 35.5. The Bertz CT molecular complexity index is 977. The van der Waals surface area contributed by atoms with E-state index in [0.29, 0.717) is 30.8 Å². The number of nitrogens with zero attached hydrogens (tertiary/aromatic N) is 1. The van der Waals surface area contributed by atoms with E-state index in [-0.39, 0.29) is 22.4 Å². The molecule has 2 aromatic carbocycles. The molecule has 1 heterocycles. The van der Waals surface area contributed by atoms with E-state index in [9.17, 15) is 13.2 Å². The molecular formula is C21H25ClN2O4S. The molecule has 0 aliphatic carbocycles. The Morgan fingerprint density at radius 1 is 1.24 bits per heavy atom. The third-order valence-electron chi connectivity index (χ3n) is 5.15. The smallest absolute Gasteiger partial charge is 0.243 e. The molecule has 0 aromatic heterocycles. The van der Waals surface area contributed by atoms with Gasteiger partial charge in [-0.05, 0) is 55.2 Å². The summed E-state index contributed by atoms with van der Waals surface area (Å²) in [5.41, 5.74) is 1.91. The Kier molecular flexibility index (Phi) is 6.82. The zero-order chi connectivity index (χ0) is 21.0. The molecule has 1 N–H and O–H groups in total. The van der Waals surface area contributed by atoms with Crippen LogP contribution in [0.15, 0.2) is 47.4 Å². The Hall–Kier alpha value is -2.09. The fraction of sp³-hybridized carbons (Fsp3) is 0.381. The Labute approximate surface area is 176 Å². The van der Waals surface area contributed by atoms with E-state index in [1.165, 1.54) is 35.2 Å². The van der Waals surface area contributed by atoms with Crippen LogP contribution in [-0.2, 0) is 21.2 Å². The van der Waals surface area contributed by atoms with E-state index in [4.69, 9.17) is 16.3 Å². The summed E-state index contributed by atoms with van der Waals surface area (Å²) in [6.07, 6.45) is 2.20. The van der Waals surface area contributed by atoms with E-state index < -0.39 is 15.9 Å². The molecular weight excluding hydrogens is 412 g/mol. The molecule has 1 fully saturated rings. The maximum atomic E-state index is 13.0. The highest BCUT2D eigenvalue weighted by Crippen LogP contribution is 2.30. The van der Waals surface area contributed by atoms with Crippen molar-refractivity contribution in [3.8, 4) is 5.75 Å². The van der Waals surface area contributed by atoms with E-state index in [1.54, 1.807) is 0 Å². The predicted octanol–water partition coefficient (Wildman–Crippen LogP) is 3.95. The first-order valence-corrected chi connectivity index (χ1v) is 11.4. The average molecular weight is 437 g/mol. The van der Waals surface area contributed by atoms with E-state index >= 15 is 0 Å². The molecule has 0 radical (unpaired) electrons. The van der Waals surface area contributed by atoms with Crippen LogP contribution in [0.3, 0.4) is 0 Å². The zero-order valence-electron chi connectivity index (χ0n) is 16.5. The summed E-state index contributed by atoms with van der Waals surface area (Å²) in [6.45, 7) is 2.59. The Balaban J connectivity index is 1.71. The standard InChI is InChI=1S/C21H25ClN2O4S/c1-3-15-6-8-17(9-7-15)23-21(25)16-5-4-12-24(14-16)29(26,27)18-10-11-20(28-2)19(22)13-18/h6-11,13,16H,3-5,12,14H2,1-2H3,(H,23,25)/t16-/m0/s1. The third kappa shape index (κ3) is 4.91. The number of hydrogen-bond acceptors (Lipinski definition) is 4. The van der Waals surface area contributed by atoms with Gasteiger partial charge < -0.3 is 10.1 Å². The second-order valence-electron chi connectivity index (χ2n) is 7.04. The maximum absolute atomic E-state index is 13.0. The fourth-order valence-corrected chi connectivity index (χ4v) is 5.27. The lowest BCUT2D eigenvalue weighted by Crippen LogP contribution is -2.43. The molecule has 6 nitrogen and oxygen atoms in total. The van der Waals surface area contributed by atoms with Gasteiger partial charge in [-0.25, -0.2) is 8.42 Å². The number of amides is 1.